The first kappa shape index (κ1) is 28.4. The highest BCUT2D eigenvalue weighted by Crippen LogP contribution is 2.34. The van der Waals surface area contributed by atoms with Gasteiger partial charge in [0.25, 0.3) is 15.6 Å². The number of aryl methyl sites for hydroxylation is 1. The molecule has 0 spiro atoms. The van der Waals surface area contributed by atoms with Gasteiger partial charge in [-0.15, -0.1) is 0 Å². The van der Waals surface area contributed by atoms with Gasteiger partial charge in [0.15, 0.2) is 5.82 Å². The standard InChI is InChI=1S/C31H28N8O4S/c1-19-15-16-38-27(19)31(41)39(23-9-4-3-5-10-23)30(36-38)20(2)35-29-26(28(32)33-18-34-29)21-7-6-8-22(17-21)37-44(42,43)25-13-11-24(40)12-14-25/h3-18,20,37,40H,1-2H3,(H3,32,33,34,35). The van der Waals surface area contributed by atoms with Crippen LogP contribution in [0.2, 0.25) is 0 Å². The topological polar surface area (TPSA) is 170 Å². The van der Waals surface area contributed by atoms with Crippen molar-refractivity contribution in [1.82, 2.24) is 24.1 Å². The molecule has 0 aliphatic heterocycles. The summed E-state index contributed by atoms with van der Waals surface area (Å²) in [4.78, 5) is 22.4. The Morgan fingerprint density at radius 3 is 2.45 bits per heavy atom. The number of phenols is 1. The maximum absolute atomic E-state index is 13.8. The third-order valence-electron chi connectivity index (χ3n) is 7.10. The van der Waals surface area contributed by atoms with E-state index in [1.165, 1.54) is 30.6 Å². The van der Waals surface area contributed by atoms with E-state index in [4.69, 9.17) is 10.8 Å². The summed E-state index contributed by atoms with van der Waals surface area (Å²) in [5.74, 6) is 0.918. The van der Waals surface area contributed by atoms with Gasteiger partial charge in [0.2, 0.25) is 0 Å². The van der Waals surface area contributed by atoms with Crippen LogP contribution in [0.4, 0.5) is 17.3 Å². The lowest BCUT2D eigenvalue weighted by molar-refractivity contribution is 0.475. The molecule has 1 unspecified atom stereocenters. The van der Waals surface area contributed by atoms with Crippen molar-refractivity contribution < 1.29 is 13.5 Å². The molecule has 0 amide bonds. The van der Waals surface area contributed by atoms with Crippen LogP contribution in [0.5, 0.6) is 5.75 Å². The van der Waals surface area contributed by atoms with Crippen molar-refractivity contribution in [1.29, 1.82) is 0 Å². The summed E-state index contributed by atoms with van der Waals surface area (Å²) >= 11 is 0. The number of anilines is 3. The van der Waals surface area contributed by atoms with Crippen LogP contribution in [-0.2, 0) is 10.0 Å². The fourth-order valence-corrected chi connectivity index (χ4v) is 6.03. The van der Waals surface area contributed by atoms with Crippen LogP contribution >= 0.6 is 0 Å². The summed E-state index contributed by atoms with van der Waals surface area (Å²) in [6.45, 7) is 3.72. The van der Waals surface area contributed by atoms with Crippen molar-refractivity contribution in [3.63, 3.8) is 0 Å². The molecule has 6 aromatic rings. The number of benzene rings is 3. The molecule has 1 atom stereocenters. The van der Waals surface area contributed by atoms with Crippen molar-refractivity contribution in [3.05, 3.63) is 119 Å². The summed E-state index contributed by atoms with van der Waals surface area (Å²) in [6.07, 6.45) is 3.07. The first-order chi connectivity index (χ1) is 21.1. The van der Waals surface area contributed by atoms with Gasteiger partial charge in [-0.1, -0.05) is 30.3 Å². The van der Waals surface area contributed by atoms with E-state index in [9.17, 15) is 18.3 Å². The number of nitrogen functional groups attached to an aromatic ring is 1. The van der Waals surface area contributed by atoms with Gasteiger partial charge in [0.1, 0.15) is 29.2 Å². The van der Waals surface area contributed by atoms with E-state index >= 15 is 0 Å². The second-order valence-electron chi connectivity index (χ2n) is 10.2. The Labute approximate surface area is 252 Å². The van der Waals surface area contributed by atoms with Crippen LogP contribution in [0.25, 0.3) is 22.3 Å². The summed E-state index contributed by atoms with van der Waals surface area (Å²) in [5, 5.41) is 17.7. The van der Waals surface area contributed by atoms with Crippen molar-refractivity contribution in [2.24, 2.45) is 0 Å². The fourth-order valence-electron chi connectivity index (χ4n) is 4.98. The minimum absolute atomic E-state index is 0.00809. The van der Waals surface area contributed by atoms with E-state index in [0.717, 1.165) is 5.56 Å². The molecule has 0 saturated carbocycles. The third kappa shape index (κ3) is 5.31. The average molecular weight is 609 g/mol. The molecule has 222 valence electrons. The number of para-hydroxylation sites is 1. The lowest BCUT2D eigenvalue weighted by Gasteiger charge is -2.21. The van der Waals surface area contributed by atoms with E-state index in [2.05, 4.69) is 20.0 Å². The van der Waals surface area contributed by atoms with Crippen molar-refractivity contribution in [2.75, 3.05) is 15.8 Å². The molecule has 3 heterocycles. The van der Waals surface area contributed by atoms with Crippen LogP contribution in [-0.4, -0.2) is 37.7 Å². The molecule has 0 aliphatic carbocycles. The molecule has 5 N–H and O–H groups in total. The number of sulfonamides is 1. The number of hydrogen-bond acceptors (Lipinski definition) is 9. The Balaban J connectivity index is 1.38. The third-order valence-corrected chi connectivity index (χ3v) is 8.49. The summed E-state index contributed by atoms with van der Waals surface area (Å²) in [6, 6.07) is 22.4. The molecule has 3 aromatic heterocycles. The van der Waals surface area contributed by atoms with Gasteiger partial charge in [-0.05, 0) is 79.6 Å². The number of fused-ring (bicyclic) bond motifs is 1. The predicted octanol–water partition coefficient (Wildman–Crippen LogP) is 4.51. The smallest absolute Gasteiger partial charge is 0.282 e. The number of nitrogens with two attached hydrogens (primary N) is 1. The molecule has 6 rings (SSSR count). The fraction of sp³-hybridized carbons (Fsp3) is 0.0968. The first-order valence-electron chi connectivity index (χ1n) is 13.6. The molecule has 0 fully saturated rings. The Hall–Kier alpha value is -5.69. The van der Waals surface area contributed by atoms with E-state index in [1.807, 2.05) is 50.2 Å². The van der Waals surface area contributed by atoms with E-state index in [-0.39, 0.29) is 27.7 Å². The molecular formula is C31H28N8O4S. The second-order valence-corrected chi connectivity index (χ2v) is 11.8. The monoisotopic (exact) mass is 608 g/mol. The normalized spacial score (nSPS) is 12.2. The Morgan fingerprint density at radius 2 is 1.70 bits per heavy atom. The highest BCUT2D eigenvalue weighted by molar-refractivity contribution is 7.92. The predicted molar refractivity (Wildman–Crippen MR) is 168 cm³/mol. The first-order valence-corrected chi connectivity index (χ1v) is 15.1. The minimum atomic E-state index is -3.94. The highest BCUT2D eigenvalue weighted by Gasteiger charge is 2.22. The number of hydrogen-bond donors (Lipinski definition) is 4. The molecule has 13 heteroatoms. The second kappa shape index (κ2) is 11.2. The van der Waals surface area contributed by atoms with Crippen LogP contribution in [0.3, 0.4) is 0 Å². The maximum Gasteiger partial charge on any atom is 0.282 e. The zero-order valence-corrected chi connectivity index (χ0v) is 24.5. The van der Waals surface area contributed by atoms with Crippen LogP contribution in [0.1, 0.15) is 24.4 Å². The molecule has 0 bridgehead atoms. The van der Waals surface area contributed by atoms with Gasteiger partial charge in [0, 0.05) is 11.9 Å². The van der Waals surface area contributed by atoms with E-state index in [0.29, 0.717) is 34.0 Å². The number of aromatic hydroxyl groups is 1. The van der Waals surface area contributed by atoms with Crippen LogP contribution in [0.15, 0.2) is 107 Å². The van der Waals surface area contributed by atoms with Crippen LogP contribution < -0.4 is 21.3 Å². The average Bonchev–Trinajstić information content (AvgIpc) is 3.38. The molecule has 12 nitrogen and oxygen atoms in total. The molecule has 44 heavy (non-hydrogen) atoms. The zero-order chi connectivity index (χ0) is 31.0. The Bertz CT molecular complexity index is 2160. The molecule has 3 aromatic carbocycles. The summed E-state index contributed by atoms with van der Waals surface area (Å²) < 4.78 is 31.7. The largest absolute Gasteiger partial charge is 0.508 e. The van der Waals surface area contributed by atoms with E-state index < -0.39 is 16.1 Å². The molecule has 0 aliphatic rings. The van der Waals surface area contributed by atoms with Gasteiger partial charge in [-0.3, -0.25) is 14.1 Å². The van der Waals surface area contributed by atoms with Crippen molar-refractivity contribution in [3.8, 4) is 22.6 Å². The quantitative estimate of drug-likeness (QED) is 0.194. The van der Waals surface area contributed by atoms with E-state index in [1.54, 1.807) is 39.5 Å². The number of rotatable bonds is 8. The van der Waals surface area contributed by atoms with Crippen molar-refractivity contribution >= 4 is 32.9 Å². The highest BCUT2D eigenvalue weighted by atomic mass is 32.2. The zero-order valence-electron chi connectivity index (χ0n) is 23.7. The molecular weight excluding hydrogens is 580 g/mol. The molecule has 0 saturated heterocycles. The lowest BCUT2D eigenvalue weighted by Crippen LogP contribution is -2.29. The van der Waals surface area contributed by atoms with Crippen LogP contribution in [0, 0.1) is 6.92 Å². The number of nitrogens with one attached hydrogen (secondary N) is 2. The van der Waals surface area contributed by atoms with Gasteiger partial charge in [-0.2, -0.15) is 5.10 Å². The van der Waals surface area contributed by atoms with Crippen molar-refractivity contribution in [2.45, 2.75) is 24.8 Å². The van der Waals surface area contributed by atoms with Gasteiger partial charge >= 0.3 is 0 Å². The Kier molecular flexibility index (Phi) is 7.23. The molecule has 0 radical (unpaired) electrons. The number of phenolic OH excluding ortho intramolecular Hbond substituents is 1. The summed E-state index contributed by atoms with van der Waals surface area (Å²) in [5.41, 5.74) is 9.35. The minimum Gasteiger partial charge on any atom is -0.508 e. The lowest BCUT2D eigenvalue weighted by atomic mass is 10.1. The SMILES string of the molecule is Cc1ccn2nc(C(C)Nc3ncnc(N)c3-c3cccc(NS(=O)(=O)c4ccc(O)cc4)c3)n(-c3ccccc3)c(=O)c12. The number of nitrogens with zero attached hydrogens (tertiary/aromatic N) is 5. The number of aromatic nitrogens is 5. The van der Waals surface area contributed by atoms with Gasteiger partial charge in [-0.25, -0.2) is 22.9 Å². The van der Waals surface area contributed by atoms with Gasteiger partial charge in [0.05, 0.1) is 22.2 Å². The van der Waals surface area contributed by atoms with Gasteiger partial charge < -0.3 is 16.2 Å². The summed E-state index contributed by atoms with van der Waals surface area (Å²) in [7, 11) is -3.94. The Morgan fingerprint density at radius 1 is 0.955 bits per heavy atom. The maximum atomic E-state index is 13.8.